The third-order valence-electron chi connectivity index (χ3n) is 10.0. The van der Waals surface area contributed by atoms with Gasteiger partial charge in [-0.25, -0.2) is 8.42 Å². The average molecular weight is 733 g/mol. The summed E-state index contributed by atoms with van der Waals surface area (Å²) in [7, 11) is 1.47. The first-order chi connectivity index (χ1) is 24.6. The van der Waals surface area contributed by atoms with E-state index in [2.05, 4.69) is 21.9 Å². The van der Waals surface area contributed by atoms with Crippen LogP contribution in [0.5, 0.6) is 11.6 Å². The van der Waals surface area contributed by atoms with Crippen LogP contribution in [-0.4, -0.2) is 92.7 Å². The van der Waals surface area contributed by atoms with Gasteiger partial charge in [0, 0.05) is 37.5 Å². The summed E-state index contributed by atoms with van der Waals surface area (Å²) in [4.78, 5) is 50.7. The van der Waals surface area contributed by atoms with E-state index in [0.717, 1.165) is 16.5 Å². The van der Waals surface area contributed by atoms with Gasteiger partial charge in [0.25, 0.3) is 5.91 Å². The number of fused-ring (bicyclic) bond motifs is 1. The van der Waals surface area contributed by atoms with Crippen LogP contribution in [0.25, 0.3) is 10.8 Å². The summed E-state index contributed by atoms with van der Waals surface area (Å²) < 4.78 is 39.7. The number of carbonyl (C=O) groups is 3. The highest BCUT2D eigenvalue weighted by molar-refractivity contribution is 7.91. The molecule has 0 spiro atoms. The fourth-order valence-electron chi connectivity index (χ4n) is 6.70. The lowest BCUT2D eigenvalue weighted by atomic mass is 9.85. The zero-order valence-electron chi connectivity index (χ0n) is 30.5. The van der Waals surface area contributed by atoms with Crippen molar-refractivity contribution in [2.24, 2.45) is 11.3 Å². The summed E-state index contributed by atoms with van der Waals surface area (Å²) in [6.07, 6.45) is 2.13. The Bertz CT molecular complexity index is 1980. The maximum atomic E-state index is 14.7. The molecule has 6 rings (SSSR count). The van der Waals surface area contributed by atoms with Gasteiger partial charge in [-0.2, -0.15) is 4.98 Å². The number of likely N-dealkylation sites (tertiary alicyclic amines) is 1. The minimum Gasteiger partial charge on any atom is -0.497 e. The van der Waals surface area contributed by atoms with E-state index in [1.54, 1.807) is 7.11 Å². The summed E-state index contributed by atoms with van der Waals surface area (Å²) in [5, 5.41) is 7.19. The number of ether oxygens (including phenoxy) is 2. The Labute approximate surface area is 305 Å². The molecule has 3 aromatic rings. The normalized spacial score (nSPS) is 23.3. The van der Waals surface area contributed by atoms with Gasteiger partial charge in [-0.1, -0.05) is 45.0 Å². The number of hydrogen-bond donors (Lipinski definition) is 3. The molecule has 2 aromatic carbocycles. The highest BCUT2D eigenvalue weighted by Gasteiger charge is 2.62. The summed E-state index contributed by atoms with van der Waals surface area (Å²) in [6.45, 7) is 9.70. The highest BCUT2D eigenvalue weighted by atomic mass is 32.2. The molecular weight excluding hydrogens is 685 g/mol. The molecule has 5 atom stereocenters. The van der Waals surface area contributed by atoms with Crippen LogP contribution < -0.4 is 29.7 Å². The zero-order chi connectivity index (χ0) is 37.6. The van der Waals surface area contributed by atoms with Gasteiger partial charge in [-0.05, 0) is 66.5 Å². The Hall–Kier alpha value is -4.85. The molecule has 52 heavy (non-hydrogen) atoms. The van der Waals surface area contributed by atoms with Gasteiger partial charge in [0.1, 0.15) is 35.3 Å². The van der Waals surface area contributed by atoms with Gasteiger partial charge < -0.3 is 29.9 Å². The first-order valence-corrected chi connectivity index (χ1v) is 19.1. The number of pyridine rings is 1. The van der Waals surface area contributed by atoms with Crippen LogP contribution in [0, 0.1) is 11.3 Å². The van der Waals surface area contributed by atoms with E-state index in [1.807, 2.05) is 94.4 Å². The van der Waals surface area contributed by atoms with Crippen molar-refractivity contribution in [2.45, 2.75) is 75.4 Å². The molecule has 3 aliphatic rings. The number of aromatic nitrogens is 1. The minimum absolute atomic E-state index is 0.0611. The van der Waals surface area contributed by atoms with Gasteiger partial charge in [-0.15, -0.1) is 6.58 Å². The molecule has 14 heteroatoms. The molecule has 3 amide bonds. The topological polar surface area (TPSA) is 159 Å². The van der Waals surface area contributed by atoms with E-state index in [1.165, 1.54) is 11.0 Å². The van der Waals surface area contributed by atoms with Crippen LogP contribution in [0.2, 0.25) is 0 Å². The number of methoxy groups -OCH3 is 1. The lowest BCUT2D eigenvalue weighted by Crippen LogP contribution is -2.58. The molecule has 2 saturated carbocycles. The maximum absolute atomic E-state index is 14.7. The summed E-state index contributed by atoms with van der Waals surface area (Å²) in [5.74, 6) is -0.527. The minimum atomic E-state index is -3.87. The summed E-state index contributed by atoms with van der Waals surface area (Å²) in [5.41, 5.74) is -1.33. The van der Waals surface area contributed by atoms with Crippen molar-refractivity contribution in [1.82, 2.24) is 19.9 Å². The molecule has 3 N–H and O–H groups in total. The SMILES string of the molecule is C=C[C@@H]1C[C@]1(NC(=O)[C@@H]1C[C@@H](Oc2nc(N(C)C)cc3cc(OC)ccc23)CN1C(=O)C(Nc1ccccc1)C(C)(C)C)C(=O)NS(=O)(=O)C1CC1. The Morgan fingerprint density at radius 2 is 1.81 bits per heavy atom. The fraction of sp³-hybridized carbons (Fsp3) is 0.474. The standard InChI is InChI=1S/C38H48N6O7S/c1-8-24-21-38(24,36(47)42-52(48,49)28-15-16-28)41-33(45)30-20-27(22-44(30)35(46)32(37(2,3)4)39-25-12-10-9-11-13-25)51-34-29-17-14-26(50-7)18-23(29)19-31(40-34)43(5)6/h8-14,17-19,24,27-28,30,32,39H,1,15-16,20-22H2,2-7H3,(H,41,45)(H,42,47)/t24-,27-,30+,32?,38-/m1/s1. The van der Waals surface area contributed by atoms with Gasteiger partial charge in [0.15, 0.2) is 0 Å². The number of carbonyl (C=O) groups excluding carboxylic acids is 3. The van der Waals surface area contributed by atoms with Crippen LogP contribution in [0.15, 0.2) is 67.3 Å². The lowest BCUT2D eigenvalue weighted by molar-refractivity contribution is -0.141. The predicted molar refractivity (Wildman–Crippen MR) is 200 cm³/mol. The number of hydrogen-bond acceptors (Lipinski definition) is 10. The summed E-state index contributed by atoms with van der Waals surface area (Å²) in [6, 6.07) is 15.1. The van der Waals surface area contributed by atoms with Gasteiger partial charge >= 0.3 is 0 Å². The second kappa shape index (κ2) is 13.9. The molecule has 1 unspecified atom stereocenters. The molecule has 2 heterocycles. The lowest BCUT2D eigenvalue weighted by Gasteiger charge is -2.36. The molecule has 2 aliphatic carbocycles. The number of nitrogens with one attached hydrogen (secondary N) is 3. The van der Waals surface area contributed by atoms with Crippen LogP contribution >= 0.6 is 0 Å². The number of nitrogens with zero attached hydrogens (tertiary/aromatic N) is 3. The van der Waals surface area contributed by atoms with E-state index in [9.17, 15) is 22.8 Å². The van der Waals surface area contributed by atoms with Crippen molar-refractivity contribution < 1.29 is 32.3 Å². The Morgan fingerprint density at radius 1 is 1.10 bits per heavy atom. The predicted octanol–water partition coefficient (Wildman–Crippen LogP) is 3.85. The van der Waals surface area contributed by atoms with Crippen LogP contribution in [-0.2, 0) is 24.4 Å². The first kappa shape index (κ1) is 36.9. The van der Waals surface area contributed by atoms with E-state index in [-0.39, 0.29) is 25.3 Å². The van der Waals surface area contributed by atoms with Crippen LogP contribution in [0.1, 0.15) is 46.5 Å². The summed E-state index contributed by atoms with van der Waals surface area (Å²) >= 11 is 0. The molecule has 1 aromatic heterocycles. The number of sulfonamides is 1. The molecular formula is C38H48N6O7S. The van der Waals surface area contributed by atoms with Crippen molar-refractivity contribution in [3.8, 4) is 11.6 Å². The van der Waals surface area contributed by atoms with Crippen molar-refractivity contribution in [3.05, 3.63) is 67.3 Å². The Balaban J connectivity index is 1.33. The monoisotopic (exact) mass is 732 g/mol. The first-order valence-electron chi connectivity index (χ1n) is 17.5. The Morgan fingerprint density at radius 3 is 2.40 bits per heavy atom. The number of amides is 3. The number of para-hydroxylation sites is 1. The van der Waals surface area contributed by atoms with Crippen LogP contribution in [0.3, 0.4) is 0 Å². The average Bonchev–Trinajstić information content (AvgIpc) is 4.03. The third-order valence-corrected chi connectivity index (χ3v) is 11.8. The fourth-order valence-corrected chi connectivity index (χ4v) is 8.07. The molecule has 0 radical (unpaired) electrons. The van der Waals surface area contributed by atoms with Crippen molar-refractivity contribution in [2.75, 3.05) is 38.0 Å². The number of benzene rings is 2. The van der Waals surface area contributed by atoms with E-state index >= 15 is 0 Å². The molecule has 278 valence electrons. The molecule has 1 aliphatic heterocycles. The van der Waals surface area contributed by atoms with Crippen molar-refractivity contribution >= 4 is 50.0 Å². The molecule has 1 saturated heterocycles. The van der Waals surface area contributed by atoms with Crippen molar-refractivity contribution in [3.63, 3.8) is 0 Å². The highest BCUT2D eigenvalue weighted by Crippen LogP contribution is 2.46. The van der Waals surface area contributed by atoms with E-state index in [0.29, 0.717) is 30.3 Å². The largest absolute Gasteiger partial charge is 0.497 e. The quantitative estimate of drug-likeness (QED) is 0.221. The van der Waals surface area contributed by atoms with Crippen molar-refractivity contribution in [1.29, 1.82) is 0 Å². The van der Waals surface area contributed by atoms with E-state index < -0.39 is 62.1 Å². The maximum Gasteiger partial charge on any atom is 0.259 e. The second-order valence-electron chi connectivity index (χ2n) is 15.2. The smallest absolute Gasteiger partial charge is 0.259 e. The molecule has 3 fully saturated rings. The van der Waals surface area contributed by atoms with Crippen LogP contribution in [0.4, 0.5) is 11.5 Å². The van der Waals surface area contributed by atoms with Gasteiger partial charge in [0.2, 0.25) is 27.7 Å². The second-order valence-corrected chi connectivity index (χ2v) is 17.2. The van der Waals surface area contributed by atoms with E-state index in [4.69, 9.17) is 14.5 Å². The number of rotatable bonds is 13. The number of anilines is 2. The van der Waals surface area contributed by atoms with Gasteiger partial charge in [0.05, 0.1) is 18.9 Å². The third kappa shape index (κ3) is 7.52. The molecule has 13 nitrogen and oxygen atoms in total. The zero-order valence-corrected chi connectivity index (χ0v) is 31.3. The Kier molecular flexibility index (Phi) is 9.90. The van der Waals surface area contributed by atoms with Gasteiger partial charge in [-0.3, -0.25) is 19.1 Å². The molecule has 0 bridgehead atoms.